The quantitative estimate of drug-likeness (QED) is 0.859. The molecule has 5 heteroatoms. The molecular weight excluding hydrogens is 326 g/mol. The average Bonchev–Trinajstić information content (AvgIpc) is 2.69. The zero-order chi connectivity index (χ0) is 18.6. The third-order valence-corrected chi connectivity index (χ3v) is 5.09. The summed E-state index contributed by atoms with van der Waals surface area (Å²) in [5.74, 6) is -0.0491. The van der Waals surface area contributed by atoms with E-state index in [1.54, 1.807) is 6.92 Å². The van der Waals surface area contributed by atoms with Gasteiger partial charge >= 0.3 is 0 Å². The highest BCUT2D eigenvalue weighted by molar-refractivity contribution is 5.87. The van der Waals surface area contributed by atoms with Gasteiger partial charge in [0.1, 0.15) is 5.54 Å². The predicted octanol–water partition coefficient (Wildman–Crippen LogP) is 1.74. The molecule has 1 aliphatic rings. The smallest absolute Gasteiger partial charge is 0.247 e. The van der Waals surface area contributed by atoms with Gasteiger partial charge < -0.3 is 15.7 Å². The summed E-state index contributed by atoms with van der Waals surface area (Å²) in [6, 6.07) is 19.2. The maximum absolute atomic E-state index is 12.9. The van der Waals surface area contributed by atoms with Gasteiger partial charge in [0.15, 0.2) is 0 Å². The van der Waals surface area contributed by atoms with Crippen molar-refractivity contribution in [2.24, 2.45) is 5.73 Å². The van der Waals surface area contributed by atoms with Gasteiger partial charge in [-0.2, -0.15) is 0 Å². The number of rotatable bonds is 5. The van der Waals surface area contributed by atoms with Crippen LogP contribution in [0, 0.1) is 0 Å². The Bertz CT molecular complexity index is 711. The molecule has 0 saturated carbocycles. The molecule has 0 bridgehead atoms. The number of hydrogen-bond donors (Lipinski definition) is 2. The Labute approximate surface area is 155 Å². The Hall–Kier alpha value is -2.21. The monoisotopic (exact) mass is 353 g/mol. The lowest BCUT2D eigenvalue weighted by molar-refractivity contribution is -0.138. The van der Waals surface area contributed by atoms with Crippen LogP contribution in [0.25, 0.3) is 0 Å². The fourth-order valence-electron chi connectivity index (χ4n) is 3.40. The van der Waals surface area contributed by atoms with Crippen LogP contribution in [-0.2, 0) is 10.3 Å². The lowest BCUT2D eigenvalue weighted by atomic mass is 9.91. The van der Waals surface area contributed by atoms with Crippen LogP contribution >= 0.6 is 0 Å². The molecule has 0 aliphatic carbocycles. The number of β-amino-alcohol motifs (C(OH)–C–C–N with tert-alkyl or cyclic N) is 1. The van der Waals surface area contributed by atoms with Crippen molar-refractivity contribution in [3.8, 4) is 0 Å². The molecule has 2 atom stereocenters. The van der Waals surface area contributed by atoms with Gasteiger partial charge in [-0.1, -0.05) is 60.7 Å². The van der Waals surface area contributed by atoms with Crippen molar-refractivity contribution >= 4 is 5.91 Å². The van der Waals surface area contributed by atoms with Gasteiger partial charge in [0.25, 0.3) is 0 Å². The topological polar surface area (TPSA) is 69.8 Å². The van der Waals surface area contributed by atoms with Crippen LogP contribution in [-0.4, -0.2) is 53.5 Å². The zero-order valence-electron chi connectivity index (χ0n) is 15.2. The van der Waals surface area contributed by atoms with E-state index in [-0.39, 0.29) is 5.91 Å². The molecule has 0 aromatic heterocycles. The Kier molecular flexibility index (Phi) is 5.71. The number of nitrogens with zero attached hydrogens (tertiary/aromatic N) is 2. The van der Waals surface area contributed by atoms with Crippen molar-refractivity contribution in [1.82, 2.24) is 9.80 Å². The number of hydrogen-bond acceptors (Lipinski definition) is 4. The summed E-state index contributed by atoms with van der Waals surface area (Å²) in [6.45, 7) is 5.07. The van der Waals surface area contributed by atoms with Crippen LogP contribution in [0.2, 0.25) is 0 Å². The van der Waals surface area contributed by atoms with Crippen molar-refractivity contribution in [1.29, 1.82) is 0 Å². The van der Waals surface area contributed by atoms with Crippen molar-refractivity contribution in [2.45, 2.75) is 18.6 Å². The SMILES string of the molecule is CC(N)(C(=O)N1CCN(CC(O)c2ccccc2)CC1)c1ccccc1. The van der Waals surface area contributed by atoms with E-state index < -0.39 is 11.6 Å². The van der Waals surface area contributed by atoms with Gasteiger partial charge in [-0.25, -0.2) is 0 Å². The third kappa shape index (κ3) is 4.12. The second-order valence-electron chi connectivity index (χ2n) is 7.09. The fourth-order valence-corrected chi connectivity index (χ4v) is 3.40. The molecule has 2 aromatic carbocycles. The van der Waals surface area contributed by atoms with E-state index in [4.69, 9.17) is 5.73 Å². The molecule has 138 valence electrons. The minimum Gasteiger partial charge on any atom is -0.387 e. The second kappa shape index (κ2) is 7.99. The lowest BCUT2D eigenvalue weighted by Gasteiger charge is -2.39. The van der Waals surface area contributed by atoms with Gasteiger partial charge in [0, 0.05) is 32.7 Å². The first kappa shape index (κ1) is 18.6. The zero-order valence-corrected chi connectivity index (χ0v) is 15.2. The van der Waals surface area contributed by atoms with Gasteiger partial charge in [0.2, 0.25) is 5.91 Å². The first-order valence-electron chi connectivity index (χ1n) is 9.07. The molecule has 0 radical (unpaired) electrons. The average molecular weight is 353 g/mol. The molecule has 1 saturated heterocycles. The molecular formula is C21H27N3O2. The number of amides is 1. The molecule has 1 fully saturated rings. The van der Waals surface area contributed by atoms with Crippen LogP contribution in [0.4, 0.5) is 0 Å². The largest absolute Gasteiger partial charge is 0.387 e. The highest BCUT2D eigenvalue weighted by atomic mass is 16.3. The first-order valence-corrected chi connectivity index (χ1v) is 9.07. The molecule has 2 unspecified atom stereocenters. The highest BCUT2D eigenvalue weighted by Crippen LogP contribution is 2.22. The molecule has 3 rings (SSSR count). The summed E-state index contributed by atoms with van der Waals surface area (Å²) in [7, 11) is 0. The molecule has 5 nitrogen and oxygen atoms in total. The summed E-state index contributed by atoms with van der Waals surface area (Å²) < 4.78 is 0. The maximum atomic E-state index is 12.9. The summed E-state index contributed by atoms with van der Waals surface area (Å²) in [5, 5.41) is 10.4. The molecule has 26 heavy (non-hydrogen) atoms. The Balaban J connectivity index is 1.56. The summed E-state index contributed by atoms with van der Waals surface area (Å²) >= 11 is 0. The van der Waals surface area contributed by atoms with Crippen molar-refractivity contribution in [3.05, 3.63) is 71.8 Å². The molecule has 1 aliphatic heterocycles. The van der Waals surface area contributed by atoms with E-state index in [9.17, 15) is 9.90 Å². The second-order valence-corrected chi connectivity index (χ2v) is 7.09. The van der Waals surface area contributed by atoms with E-state index in [2.05, 4.69) is 4.90 Å². The molecule has 2 aromatic rings. The number of carbonyl (C=O) groups excluding carboxylic acids is 1. The van der Waals surface area contributed by atoms with Crippen molar-refractivity contribution in [2.75, 3.05) is 32.7 Å². The summed E-state index contributed by atoms with van der Waals surface area (Å²) in [6.07, 6.45) is -0.512. The standard InChI is InChI=1S/C21H27N3O2/c1-21(22,18-10-6-3-7-11-18)20(26)24-14-12-23(13-15-24)16-19(25)17-8-4-2-5-9-17/h2-11,19,25H,12-16,22H2,1H3. The van der Waals surface area contributed by atoms with Crippen LogP contribution in [0.1, 0.15) is 24.2 Å². The molecule has 0 spiro atoms. The number of piperazine rings is 1. The van der Waals surface area contributed by atoms with E-state index >= 15 is 0 Å². The minimum absolute atomic E-state index is 0.0491. The van der Waals surface area contributed by atoms with Gasteiger partial charge in [0.05, 0.1) is 6.10 Å². The van der Waals surface area contributed by atoms with Crippen LogP contribution < -0.4 is 5.73 Å². The Morgan fingerprint density at radius 1 is 1.04 bits per heavy atom. The predicted molar refractivity (Wildman–Crippen MR) is 102 cm³/mol. The number of benzene rings is 2. The van der Waals surface area contributed by atoms with E-state index in [1.165, 1.54) is 0 Å². The van der Waals surface area contributed by atoms with Crippen molar-refractivity contribution in [3.63, 3.8) is 0 Å². The third-order valence-electron chi connectivity index (χ3n) is 5.09. The van der Waals surface area contributed by atoms with E-state index in [0.717, 1.165) is 24.2 Å². The minimum atomic E-state index is -1.02. The first-order chi connectivity index (χ1) is 12.5. The maximum Gasteiger partial charge on any atom is 0.247 e. The van der Waals surface area contributed by atoms with Gasteiger partial charge in [-0.05, 0) is 18.1 Å². The Morgan fingerprint density at radius 2 is 1.58 bits per heavy atom. The highest BCUT2D eigenvalue weighted by Gasteiger charge is 2.35. The Morgan fingerprint density at radius 3 is 2.15 bits per heavy atom. The van der Waals surface area contributed by atoms with Crippen LogP contribution in [0.15, 0.2) is 60.7 Å². The van der Waals surface area contributed by atoms with Gasteiger partial charge in [-0.3, -0.25) is 9.69 Å². The number of aliphatic hydroxyl groups excluding tert-OH is 1. The molecule has 3 N–H and O–H groups in total. The van der Waals surface area contributed by atoms with Crippen LogP contribution in [0.5, 0.6) is 0 Å². The van der Waals surface area contributed by atoms with Gasteiger partial charge in [-0.15, -0.1) is 0 Å². The number of aliphatic hydroxyl groups is 1. The molecule has 1 heterocycles. The normalized spacial score (nSPS) is 19.0. The summed E-state index contributed by atoms with van der Waals surface area (Å²) in [5.41, 5.74) is 7.08. The fraction of sp³-hybridized carbons (Fsp3) is 0.381. The number of carbonyl (C=O) groups is 1. The van der Waals surface area contributed by atoms with Crippen molar-refractivity contribution < 1.29 is 9.90 Å². The van der Waals surface area contributed by atoms with E-state index in [0.29, 0.717) is 19.6 Å². The van der Waals surface area contributed by atoms with Crippen LogP contribution in [0.3, 0.4) is 0 Å². The van der Waals surface area contributed by atoms with E-state index in [1.807, 2.05) is 65.6 Å². The molecule has 1 amide bonds. The number of nitrogens with two attached hydrogens (primary N) is 1. The lowest BCUT2D eigenvalue weighted by Crippen LogP contribution is -2.57. The summed E-state index contributed by atoms with van der Waals surface area (Å²) in [4.78, 5) is 16.9.